The number of hydrogen-bond donors (Lipinski definition) is 2. The molecule has 2 N–H and O–H groups in total. The van der Waals surface area contributed by atoms with E-state index in [1.807, 2.05) is 11.8 Å². The SMILES string of the molecule is CCCCCCCCCCCCSCCCN(C(C)O)C(C)O. The summed E-state index contributed by atoms with van der Waals surface area (Å²) in [6.45, 7) is 6.46. The Hall–Kier alpha value is 0.230. The Labute approximate surface area is 149 Å². The molecule has 4 heteroatoms. The molecule has 0 spiro atoms. The fourth-order valence-corrected chi connectivity index (χ4v) is 3.77. The third-order valence-corrected chi connectivity index (χ3v) is 5.46. The van der Waals surface area contributed by atoms with Crippen molar-refractivity contribution in [3.63, 3.8) is 0 Å². The topological polar surface area (TPSA) is 43.7 Å². The summed E-state index contributed by atoms with van der Waals surface area (Å²) in [4.78, 5) is 1.72. The zero-order valence-electron chi connectivity index (χ0n) is 15.8. The smallest absolute Gasteiger partial charge is 0.106 e. The Bertz CT molecular complexity index is 229. The van der Waals surface area contributed by atoms with Gasteiger partial charge in [0.15, 0.2) is 0 Å². The summed E-state index contributed by atoms with van der Waals surface area (Å²) in [7, 11) is 0. The molecular formula is C19H41NO2S. The summed E-state index contributed by atoms with van der Waals surface area (Å²) in [5.41, 5.74) is 0. The number of aliphatic hydroxyl groups is 2. The average molecular weight is 348 g/mol. The van der Waals surface area contributed by atoms with E-state index in [1.54, 1.807) is 18.7 Å². The van der Waals surface area contributed by atoms with Gasteiger partial charge in [-0.3, -0.25) is 4.90 Å². The fourth-order valence-electron chi connectivity index (χ4n) is 2.83. The number of hydrogen-bond acceptors (Lipinski definition) is 4. The summed E-state index contributed by atoms with van der Waals surface area (Å²) < 4.78 is 0. The molecule has 0 amide bonds. The Balaban J connectivity index is 3.21. The van der Waals surface area contributed by atoms with E-state index in [2.05, 4.69) is 6.92 Å². The van der Waals surface area contributed by atoms with Crippen LogP contribution < -0.4 is 0 Å². The number of aliphatic hydroxyl groups excluding tert-OH is 2. The Morgan fingerprint density at radius 2 is 1.13 bits per heavy atom. The molecule has 3 nitrogen and oxygen atoms in total. The zero-order chi connectivity index (χ0) is 17.3. The third-order valence-electron chi connectivity index (χ3n) is 4.31. The van der Waals surface area contributed by atoms with Gasteiger partial charge in [0.2, 0.25) is 0 Å². The predicted molar refractivity (Wildman–Crippen MR) is 104 cm³/mol. The van der Waals surface area contributed by atoms with Crippen LogP contribution in [-0.2, 0) is 0 Å². The van der Waals surface area contributed by atoms with E-state index in [0.717, 1.165) is 18.7 Å². The van der Waals surface area contributed by atoms with Gasteiger partial charge >= 0.3 is 0 Å². The van der Waals surface area contributed by atoms with Gasteiger partial charge in [0.25, 0.3) is 0 Å². The van der Waals surface area contributed by atoms with Crippen molar-refractivity contribution >= 4 is 11.8 Å². The molecule has 0 fully saturated rings. The molecule has 0 saturated heterocycles. The first-order valence-electron chi connectivity index (χ1n) is 9.79. The molecule has 0 aliphatic heterocycles. The summed E-state index contributed by atoms with van der Waals surface area (Å²) in [5.74, 6) is 2.37. The van der Waals surface area contributed by atoms with Crippen LogP contribution in [0.15, 0.2) is 0 Å². The lowest BCUT2D eigenvalue weighted by molar-refractivity contribution is -0.0834. The number of unbranched alkanes of at least 4 members (excludes halogenated alkanes) is 9. The van der Waals surface area contributed by atoms with Crippen LogP contribution >= 0.6 is 11.8 Å². The van der Waals surface area contributed by atoms with E-state index >= 15 is 0 Å². The van der Waals surface area contributed by atoms with Gasteiger partial charge in [0.1, 0.15) is 12.5 Å². The van der Waals surface area contributed by atoms with Crippen molar-refractivity contribution in [2.45, 2.75) is 104 Å². The van der Waals surface area contributed by atoms with Crippen LogP contribution in [0.3, 0.4) is 0 Å². The molecule has 0 saturated carbocycles. The second-order valence-corrected chi connectivity index (χ2v) is 7.87. The van der Waals surface area contributed by atoms with Crippen molar-refractivity contribution in [1.82, 2.24) is 4.90 Å². The minimum Gasteiger partial charge on any atom is -0.379 e. The summed E-state index contributed by atoms with van der Waals surface area (Å²) in [6.07, 6.45) is 13.9. The molecule has 0 bridgehead atoms. The minimum absolute atomic E-state index is 0.568. The molecule has 0 radical (unpaired) electrons. The van der Waals surface area contributed by atoms with E-state index in [-0.39, 0.29) is 0 Å². The van der Waals surface area contributed by atoms with Gasteiger partial charge in [0.05, 0.1) is 0 Å². The third kappa shape index (κ3) is 15.5. The molecule has 0 aromatic rings. The maximum atomic E-state index is 9.55. The Morgan fingerprint density at radius 3 is 1.61 bits per heavy atom. The highest BCUT2D eigenvalue weighted by atomic mass is 32.2. The van der Waals surface area contributed by atoms with Crippen LogP contribution in [0.1, 0.15) is 91.4 Å². The zero-order valence-corrected chi connectivity index (χ0v) is 16.6. The molecule has 0 heterocycles. The molecule has 23 heavy (non-hydrogen) atoms. The van der Waals surface area contributed by atoms with Crippen molar-refractivity contribution < 1.29 is 10.2 Å². The van der Waals surface area contributed by atoms with Crippen LogP contribution in [0.4, 0.5) is 0 Å². The van der Waals surface area contributed by atoms with Gasteiger partial charge in [-0.25, -0.2) is 0 Å². The summed E-state index contributed by atoms with van der Waals surface area (Å²) in [6, 6.07) is 0. The number of rotatable bonds is 17. The second-order valence-electron chi connectivity index (χ2n) is 6.65. The van der Waals surface area contributed by atoms with Crippen LogP contribution in [0, 0.1) is 0 Å². The van der Waals surface area contributed by atoms with E-state index in [0.29, 0.717) is 0 Å². The van der Waals surface area contributed by atoms with Crippen LogP contribution in [0.5, 0.6) is 0 Å². The van der Waals surface area contributed by atoms with E-state index in [4.69, 9.17) is 0 Å². The predicted octanol–water partition coefficient (Wildman–Crippen LogP) is 5.01. The van der Waals surface area contributed by atoms with Gasteiger partial charge in [0, 0.05) is 6.54 Å². The van der Waals surface area contributed by atoms with Gasteiger partial charge < -0.3 is 10.2 Å². The molecule has 0 aromatic carbocycles. The lowest BCUT2D eigenvalue weighted by Gasteiger charge is -2.27. The first-order chi connectivity index (χ1) is 11.1. The normalized spacial score (nSPS) is 14.3. The van der Waals surface area contributed by atoms with Gasteiger partial charge in [-0.05, 0) is 38.2 Å². The minimum atomic E-state index is -0.568. The molecule has 2 atom stereocenters. The Morgan fingerprint density at radius 1 is 0.696 bits per heavy atom. The van der Waals surface area contributed by atoms with Crippen molar-refractivity contribution in [3.8, 4) is 0 Å². The number of thioether (sulfide) groups is 1. The van der Waals surface area contributed by atoms with E-state index < -0.39 is 12.5 Å². The molecule has 140 valence electrons. The highest BCUT2D eigenvalue weighted by Crippen LogP contribution is 2.13. The largest absolute Gasteiger partial charge is 0.379 e. The van der Waals surface area contributed by atoms with Gasteiger partial charge in [-0.1, -0.05) is 64.7 Å². The molecule has 0 rings (SSSR count). The number of nitrogens with zero attached hydrogens (tertiary/aromatic N) is 1. The van der Waals surface area contributed by atoms with Crippen molar-refractivity contribution in [1.29, 1.82) is 0 Å². The molecular weight excluding hydrogens is 306 g/mol. The standard InChI is InChI=1S/C19H41NO2S/c1-4-5-6-7-8-9-10-11-12-13-16-23-17-14-15-20(18(2)21)19(3)22/h18-19,21-22H,4-17H2,1-3H3. The molecule has 0 aliphatic rings. The monoisotopic (exact) mass is 347 g/mol. The highest BCUT2D eigenvalue weighted by molar-refractivity contribution is 7.99. The van der Waals surface area contributed by atoms with Crippen LogP contribution in [-0.4, -0.2) is 45.6 Å². The lowest BCUT2D eigenvalue weighted by Crippen LogP contribution is -2.40. The van der Waals surface area contributed by atoms with E-state index in [1.165, 1.54) is 70.0 Å². The lowest BCUT2D eigenvalue weighted by atomic mass is 10.1. The van der Waals surface area contributed by atoms with Crippen molar-refractivity contribution in [2.24, 2.45) is 0 Å². The van der Waals surface area contributed by atoms with Crippen LogP contribution in [0.2, 0.25) is 0 Å². The first kappa shape index (κ1) is 23.2. The highest BCUT2D eigenvalue weighted by Gasteiger charge is 2.14. The second kappa shape index (κ2) is 17.1. The molecule has 2 unspecified atom stereocenters. The van der Waals surface area contributed by atoms with Crippen molar-refractivity contribution in [3.05, 3.63) is 0 Å². The maximum Gasteiger partial charge on any atom is 0.106 e. The molecule has 0 aliphatic carbocycles. The van der Waals surface area contributed by atoms with Gasteiger partial charge in [-0.2, -0.15) is 11.8 Å². The summed E-state index contributed by atoms with van der Waals surface area (Å²) >= 11 is 2.01. The maximum absolute atomic E-state index is 9.55. The molecule has 0 aromatic heterocycles. The first-order valence-corrected chi connectivity index (χ1v) is 10.9. The summed E-state index contributed by atoms with van der Waals surface area (Å²) in [5, 5.41) is 19.1. The average Bonchev–Trinajstić information content (AvgIpc) is 2.50. The van der Waals surface area contributed by atoms with Crippen LogP contribution in [0.25, 0.3) is 0 Å². The van der Waals surface area contributed by atoms with E-state index in [9.17, 15) is 10.2 Å². The quantitative estimate of drug-likeness (QED) is 0.287. The fraction of sp³-hybridized carbons (Fsp3) is 1.00. The Kier molecular flexibility index (Phi) is 17.2. The van der Waals surface area contributed by atoms with Crippen molar-refractivity contribution in [2.75, 3.05) is 18.1 Å². The van der Waals surface area contributed by atoms with Gasteiger partial charge in [-0.15, -0.1) is 0 Å².